The molecule has 0 aliphatic rings. The normalized spacial score (nSPS) is 10.9. The molecule has 2 N–H and O–H groups in total. The molecule has 102 valence electrons. The molecule has 0 bridgehead atoms. The zero-order valence-electron chi connectivity index (χ0n) is 11.3. The molecule has 0 radical (unpaired) electrons. The fourth-order valence-electron chi connectivity index (χ4n) is 1.60. The third kappa shape index (κ3) is 4.01. The highest BCUT2D eigenvalue weighted by Gasteiger charge is 2.06. The molecule has 4 nitrogen and oxygen atoms in total. The number of nitrogens with zero attached hydrogens (tertiary/aromatic N) is 2. The van der Waals surface area contributed by atoms with Crippen molar-refractivity contribution in [3.63, 3.8) is 0 Å². The van der Waals surface area contributed by atoms with Crippen molar-refractivity contribution in [2.45, 2.75) is 32.8 Å². The van der Waals surface area contributed by atoms with Crippen LogP contribution in [-0.2, 0) is 13.0 Å². The molecule has 0 fully saturated rings. The Morgan fingerprint density at radius 1 is 1.32 bits per heavy atom. The maximum atomic E-state index is 5.67. The van der Waals surface area contributed by atoms with Crippen molar-refractivity contribution in [2.75, 3.05) is 6.54 Å². The summed E-state index contributed by atoms with van der Waals surface area (Å²) in [6.45, 7) is 5.39. The van der Waals surface area contributed by atoms with Crippen LogP contribution in [0, 0.1) is 0 Å². The van der Waals surface area contributed by atoms with Crippen LogP contribution in [0.15, 0.2) is 23.7 Å². The lowest BCUT2D eigenvalue weighted by molar-refractivity contribution is 0.300. The van der Waals surface area contributed by atoms with Crippen molar-refractivity contribution in [1.29, 1.82) is 0 Å². The van der Waals surface area contributed by atoms with E-state index in [0.29, 0.717) is 19.1 Å². The number of nitrogens with two attached hydrogens (primary N) is 1. The van der Waals surface area contributed by atoms with Crippen LogP contribution in [0.4, 0.5) is 0 Å². The average molecular weight is 277 g/mol. The van der Waals surface area contributed by atoms with Gasteiger partial charge in [-0.1, -0.05) is 13.8 Å². The summed E-state index contributed by atoms with van der Waals surface area (Å²) in [5, 5.41) is 3.20. The fourth-order valence-corrected chi connectivity index (χ4v) is 2.42. The van der Waals surface area contributed by atoms with Crippen LogP contribution in [0.1, 0.15) is 36.2 Å². The fraction of sp³-hybridized carbons (Fsp3) is 0.429. The van der Waals surface area contributed by atoms with Gasteiger partial charge >= 0.3 is 0 Å². The molecule has 0 atom stereocenters. The summed E-state index contributed by atoms with van der Waals surface area (Å²) in [7, 11) is 0. The minimum Gasteiger partial charge on any atom is -0.486 e. The van der Waals surface area contributed by atoms with Crippen molar-refractivity contribution in [1.82, 2.24) is 9.97 Å². The van der Waals surface area contributed by atoms with Gasteiger partial charge in [-0.15, -0.1) is 11.3 Å². The Morgan fingerprint density at radius 3 is 2.74 bits per heavy atom. The van der Waals surface area contributed by atoms with Gasteiger partial charge in [-0.25, -0.2) is 4.98 Å². The molecule has 2 heterocycles. The Bertz CT molecular complexity index is 508. The lowest BCUT2D eigenvalue weighted by Crippen LogP contribution is -2.04. The van der Waals surface area contributed by atoms with Gasteiger partial charge in [-0.3, -0.25) is 4.98 Å². The smallest absolute Gasteiger partial charge is 0.138 e. The van der Waals surface area contributed by atoms with Crippen LogP contribution in [0.5, 0.6) is 5.75 Å². The number of hydrogen-bond acceptors (Lipinski definition) is 5. The topological polar surface area (TPSA) is 61.0 Å². The Labute approximate surface area is 117 Å². The van der Waals surface area contributed by atoms with E-state index >= 15 is 0 Å². The van der Waals surface area contributed by atoms with Crippen molar-refractivity contribution >= 4 is 11.3 Å². The zero-order chi connectivity index (χ0) is 13.7. The van der Waals surface area contributed by atoms with E-state index in [4.69, 9.17) is 10.5 Å². The monoisotopic (exact) mass is 277 g/mol. The first kappa shape index (κ1) is 14.0. The number of aromatic nitrogens is 2. The molecule has 0 spiro atoms. The number of hydrogen-bond donors (Lipinski definition) is 1. The lowest BCUT2D eigenvalue weighted by Gasteiger charge is -2.05. The van der Waals surface area contributed by atoms with E-state index in [-0.39, 0.29) is 0 Å². The largest absolute Gasteiger partial charge is 0.486 e. The Hall–Kier alpha value is -1.46. The van der Waals surface area contributed by atoms with Crippen molar-refractivity contribution in [3.8, 4) is 5.75 Å². The molecule has 2 aromatic heterocycles. The van der Waals surface area contributed by atoms with Gasteiger partial charge in [0, 0.05) is 23.4 Å². The quantitative estimate of drug-likeness (QED) is 0.882. The van der Waals surface area contributed by atoms with Gasteiger partial charge in [0.15, 0.2) is 0 Å². The molecular weight excluding hydrogens is 258 g/mol. The van der Waals surface area contributed by atoms with Crippen LogP contribution in [-0.4, -0.2) is 16.5 Å². The molecule has 19 heavy (non-hydrogen) atoms. The standard InChI is InChI=1S/C14H19N3OS/c1-10(2)14-17-12(9-19-14)8-18-13-4-3-11(5-6-15)16-7-13/h3-4,7,9-10H,5-6,8,15H2,1-2H3. The van der Waals surface area contributed by atoms with E-state index in [0.717, 1.165) is 28.6 Å². The third-order valence-electron chi connectivity index (χ3n) is 2.65. The third-order valence-corrected chi connectivity index (χ3v) is 3.84. The van der Waals surface area contributed by atoms with Crippen LogP contribution in [0.2, 0.25) is 0 Å². The van der Waals surface area contributed by atoms with Crippen LogP contribution < -0.4 is 10.5 Å². The summed E-state index contributed by atoms with van der Waals surface area (Å²) in [5.74, 6) is 1.23. The van der Waals surface area contributed by atoms with Gasteiger partial charge in [0.05, 0.1) is 16.9 Å². The predicted octanol–water partition coefficient (Wildman–Crippen LogP) is 2.74. The molecule has 0 saturated heterocycles. The summed E-state index contributed by atoms with van der Waals surface area (Å²) in [6, 6.07) is 3.87. The average Bonchev–Trinajstić information content (AvgIpc) is 2.87. The summed E-state index contributed by atoms with van der Waals surface area (Å²) in [6.07, 6.45) is 2.53. The highest BCUT2D eigenvalue weighted by atomic mass is 32.1. The van der Waals surface area contributed by atoms with Gasteiger partial charge in [-0.05, 0) is 18.7 Å². The van der Waals surface area contributed by atoms with E-state index in [1.54, 1.807) is 17.5 Å². The minimum atomic E-state index is 0.468. The highest BCUT2D eigenvalue weighted by Crippen LogP contribution is 2.20. The molecule has 2 aromatic rings. The second-order valence-corrected chi connectivity index (χ2v) is 5.53. The SMILES string of the molecule is CC(C)c1nc(COc2ccc(CCN)nc2)cs1. The van der Waals surface area contributed by atoms with E-state index in [9.17, 15) is 0 Å². The summed E-state index contributed by atoms with van der Waals surface area (Å²) in [5.41, 5.74) is 7.44. The first-order chi connectivity index (χ1) is 9.19. The highest BCUT2D eigenvalue weighted by molar-refractivity contribution is 7.09. The number of thiazole rings is 1. The van der Waals surface area contributed by atoms with Gasteiger partial charge in [0.1, 0.15) is 12.4 Å². The van der Waals surface area contributed by atoms with Crippen LogP contribution in [0.25, 0.3) is 0 Å². The van der Waals surface area contributed by atoms with Gasteiger partial charge in [0.2, 0.25) is 0 Å². The second-order valence-electron chi connectivity index (χ2n) is 4.64. The molecule has 2 rings (SSSR count). The summed E-state index contributed by atoms with van der Waals surface area (Å²) in [4.78, 5) is 8.82. The Kier molecular flexibility index (Phi) is 4.87. The first-order valence-corrected chi connectivity index (χ1v) is 7.29. The van der Waals surface area contributed by atoms with Crippen molar-refractivity contribution in [2.24, 2.45) is 5.73 Å². The molecule has 0 unspecified atom stereocenters. The first-order valence-electron chi connectivity index (χ1n) is 6.41. The van der Waals surface area contributed by atoms with E-state index in [1.807, 2.05) is 17.5 Å². The number of rotatable bonds is 6. The minimum absolute atomic E-state index is 0.468. The van der Waals surface area contributed by atoms with Gasteiger partial charge in [-0.2, -0.15) is 0 Å². The number of pyridine rings is 1. The molecule has 0 aliphatic heterocycles. The van der Waals surface area contributed by atoms with Crippen LogP contribution >= 0.6 is 11.3 Å². The molecule has 0 amide bonds. The van der Waals surface area contributed by atoms with E-state index in [2.05, 4.69) is 23.8 Å². The second kappa shape index (κ2) is 6.63. The van der Waals surface area contributed by atoms with Crippen molar-refractivity contribution in [3.05, 3.63) is 40.1 Å². The van der Waals surface area contributed by atoms with Gasteiger partial charge < -0.3 is 10.5 Å². The van der Waals surface area contributed by atoms with Crippen molar-refractivity contribution < 1.29 is 4.74 Å². The van der Waals surface area contributed by atoms with E-state index < -0.39 is 0 Å². The summed E-state index contributed by atoms with van der Waals surface area (Å²) < 4.78 is 5.67. The predicted molar refractivity (Wildman–Crippen MR) is 77.5 cm³/mol. The molecule has 0 aliphatic carbocycles. The number of ether oxygens (including phenoxy) is 1. The Balaban J connectivity index is 1.90. The molecule has 0 aromatic carbocycles. The van der Waals surface area contributed by atoms with Crippen LogP contribution in [0.3, 0.4) is 0 Å². The van der Waals surface area contributed by atoms with E-state index in [1.165, 1.54) is 0 Å². The molecule has 0 saturated carbocycles. The maximum absolute atomic E-state index is 5.67. The Morgan fingerprint density at radius 2 is 2.16 bits per heavy atom. The summed E-state index contributed by atoms with van der Waals surface area (Å²) >= 11 is 1.68. The lowest BCUT2D eigenvalue weighted by atomic mass is 10.2. The maximum Gasteiger partial charge on any atom is 0.138 e. The van der Waals surface area contributed by atoms with Gasteiger partial charge in [0.25, 0.3) is 0 Å². The molecule has 5 heteroatoms. The molecular formula is C14H19N3OS. The zero-order valence-corrected chi connectivity index (χ0v) is 12.1.